The average Bonchev–Trinajstić information content (AvgIpc) is 1.88. The Balaban J connectivity index is 4.29. The lowest BCUT2D eigenvalue weighted by atomic mass is 10.3. The quantitative estimate of drug-likeness (QED) is 0.376. The van der Waals surface area contributed by atoms with Crippen molar-refractivity contribution in [3.05, 3.63) is 11.8 Å². The van der Waals surface area contributed by atoms with Gasteiger partial charge >= 0.3 is 5.97 Å². The van der Waals surface area contributed by atoms with Gasteiger partial charge in [0.1, 0.15) is 10.7 Å². The first-order chi connectivity index (χ1) is 5.13. The summed E-state index contributed by atoms with van der Waals surface area (Å²) < 4.78 is 4.54. The molecule has 0 rings (SSSR count). The van der Waals surface area contributed by atoms with Crippen molar-refractivity contribution >= 4 is 22.7 Å². The maximum atomic E-state index is 10.8. The number of halogens is 1. The van der Waals surface area contributed by atoms with Crippen LogP contribution in [0.5, 0.6) is 0 Å². The Morgan fingerprint density at radius 3 is 2.64 bits per heavy atom. The molecule has 3 N–H and O–H groups in total. The number of nitrogens with two attached hydrogens (primary N) is 1. The van der Waals surface area contributed by atoms with Crippen LogP contribution in [0.25, 0.3) is 0 Å². The molecule has 0 aliphatic rings. The van der Waals surface area contributed by atoms with Crippen molar-refractivity contribution in [1.29, 1.82) is 5.41 Å². The molecule has 0 saturated heterocycles. The second-order valence-electron chi connectivity index (χ2n) is 1.61. The van der Waals surface area contributed by atoms with Crippen molar-refractivity contribution in [3.63, 3.8) is 0 Å². The molecule has 0 fully saturated rings. The molecule has 0 radical (unpaired) electrons. The van der Waals surface area contributed by atoms with Gasteiger partial charge in [0.2, 0.25) is 0 Å². The molecule has 0 aliphatic carbocycles. The van der Waals surface area contributed by atoms with Crippen LogP contribution in [0.2, 0.25) is 0 Å². The molecular weight excluding hydrogens is 168 g/mol. The van der Waals surface area contributed by atoms with Crippen LogP contribution in [0, 0.1) is 5.41 Å². The summed E-state index contributed by atoms with van der Waals surface area (Å²) in [7, 11) is 0. The van der Waals surface area contributed by atoms with Gasteiger partial charge in [-0.25, -0.2) is 4.79 Å². The Bertz CT molecular complexity index is 201. The van der Waals surface area contributed by atoms with Gasteiger partial charge in [0.25, 0.3) is 0 Å². The van der Waals surface area contributed by atoms with Crippen molar-refractivity contribution in [2.24, 2.45) is 5.73 Å². The smallest absolute Gasteiger partial charge is 0.342 e. The highest BCUT2D eigenvalue weighted by atomic mass is 35.5. The van der Waals surface area contributed by atoms with Gasteiger partial charge in [-0.1, -0.05) is 11.6 Å². The van der Waals surface area contributed by atoms with Crippen molar-refractivity contribution in [2.75, 3.05) is 6.61 Å². The Morgan fingerprint density at radius 1 is 1.82 bits per heavy atom. The summed E-state index contributed by atoms with van der Waals surface area (Å²) in [5.41, 5.74) is 4.90. The molecule has 0 unspecified atom stereocenters. The Kier molecular flexibility index (Phi) is 4.29. The molecule has 0 bridgehead atoms. The molecular formula is C6H9ClN2O2. The second-order valence-corrected chi connectivity index (χ2v) is 1.99. The maximum absolute atomic E-state index is 10.8. The van der Waals surface area contributed by atoms with E-state index in [0.717, 1.165) is 6.20 Å². The molecule has 0 amide bonds. The number of carbonyl (C=O) groups is 1. The monoisotopic (exact) mass is 176 g/mol. The van der Waals surface area contributed by atoms with Gasteiger partial charge in [0.05, 0.1) is 6.61 Å². The van der Waals surface area contributed by atoms with Crippen molar-refractivity contribution < 1.29 is 9.53 Å². The number of esters is 1. The van der Waals surface area contributed by atoms with Crippen LogP contribution in [0.4, 0.5) is 0 Å². The topological polar surface area (TPSA) is 76.2 Å². The molecule has 62 valence electrons. The third-order valence-corrected chi connectivity index (χ3v) is 1.10. The fraction of sp³-hybridized carbons (Fsp3) is 0.333. The Labute approximate surface area is 69.5 Å². The van der Waals surface area contributed by atoms with E-state index in [1.54, 1.807) is 6.92 Å². The zero-order valence-electron chi connectivity index (χ0n) is 6.06. The summed E-state index contributed by atoms with van der Waals surface area (Å²) in [5, 5.41) is 6.47. The third-order valence-electron chi connectivity index (χ3n) is 0.898. The molecule has 0 atom stereocenters. The fourth-order valence-electron chi connectivity index (χ4n) is 0.440. The molecule has 0 spiro atoms. The van der Waals surface area contributed by atoms with E-state index in [2.05, 4.69) is 4.74 Å². The number of ether oxygens (including phenoxy) is 1. The molecule has 0 aromatic rings. The third kappa shape index (κ3) is 3.04. The molecule has 0 aromatic carbocycles. The molecule has 0 aromatic heterocycles. The van der Waals surface area contributed by atoms with Crippen LogP contribution in [0.15, 0.2) is 11.8 Å². The summed E-state index contributed by atoms with van der Waals surface area (Å²) in [5.74, 6) is -0.671. The summed E-state index contributed by atoms with van der Waals surface area (Å²) >= 11 is 5.21. The first kappa shape index (κ1) is 9.97. The first-order valence-electron chi connectivity index (χ1n) is 2.97. The van der Waals surface area contributed by atoms with E-state index in [-0.39, 0.29) is 12.2 Å². The van der Waals surface area contributed by atoms with Crippen LogP contribution >= 0.6 is 11.6 Å². The highest BCUT2D eigenvalue weighted by molar-refractivity contribution is 6.71. The van der Waals surface area contributed by atoms with Crippen LogP contribution in [-0.2, 0) is 9.53 Å². The average molecular weight is 177 g/mol. The van der Waals surface area contributed by atoms with E-state index in [4.69, 9.17) is 22.7 Å². The summed E-state index contributed by atoms with van der Waals surface area (Å²) in [6.07, 6.45) is 0.952. The van der Waals surface area contributed by atoms with E-state index in [0.29, 0.717) is 0 Å². The Hall–Kier alpha value is -1.03. The van der Waals surface area contributed by atoms with Crippen LogP contribution in [-0.4, -0.2) is 17.7 Å². The van der Waals surface area contributed by atoms with E-state index < -0.39 is 11.1 Å². The molecule has 5 heteroatoms. The van der Waals surface area contributed by atoms with Gasteiger partial charge in [-0.05, 0) is 6.92 Å². The lowest BCUT2D eigenvalue weighted by molar-refractivity contribution is -0.137. The number of hydrogen-bond donors (Lipinski definition) is 2. The normalized spacial score (nSPS) is 10.9. The zero-order valence-corrected chi connectivity index (χ0v) is 6.81. The number of rotatable bonds is 3. The van der Waals surface area contributed by atoms with Crippen LogP contribution in [0.3, 0.4) is 0 Å². The van der Waals surface area contributed by atoms with Gasteiger partial charge in [-0.3, -0.25) is 5.41 Å². The number of nitrogens with one attached hydrogen (secondary N) is 1. The summed E-state index contributed by atoms with van der Waals surface area (Å²) in [6, 6.07) is 0. The van der Waals surface area contributed by atoms with Crippen LogP contribution < -0.4 is 5.73 Å². The lowest BCUT2D eigenvalue weighted by Gasteiger charge is -2.01. The maximum Gasteiger partial charge on any atom is 0.342 e. The van der Waals surface area contributed by atoms with Gasteiger partial charge in [0, 0.05) is 6.20 Å². The van der Waals surface area contributed by atoms with Gasteiger partial charge in [-0.2, -0.15) is 0 Å². The predicted octanol–water partition coefficient (Wildman–Crippen LogP) is 0.608. The number of carbonyl (C=O) groups excluding carboxylic acids is 1. The van der Waals surface area contributed by atoms with Gasteiger partial charge in [-0.15, -0.1) is 0 Å². The summed E-state index contributed by atoms with van der Waals surface area (Å²) in [6.45, 7) is 1.89. The lowest BCUT2D eigenvalue weighted by Crippen LogP contribution is -2.13. The summed E-state index contributed by atoms with van der Waals surface area (Å²) in [4.78, 5) is 10.8. The minimum atomic E-state index is -0.671. The van der Waals surface area contributed by atoms with Crippen LogP contribution in [0.1, 0.15) is 6.92 Å². The van der Waals surface area contributed by atoms with Gasteiger partial charge < -0.3 is 10.5 Å². The minimum Gasteiger partial charge on any atom is -0.462 e. The van der Waals surface area contributed by atoms with E-state index in [9.17, 15) is 4.79 Å². The standard InChI is InChI=1S/C6H9ClN2O2/c1-2-11-6(10)4(3-8)5(7)9/h3,9H,2,8H2,1H3. The highest BCUT2D eigenvalue weighted by Crippen LogP contribution is 2.01. The fourth-order valence-corrected chi connectivity index (χ4v) is 0.580. The van der Waals surface area contributed by atoms with Gasteiger partial charge in [0.15, 0.2) is 0 Å². The van der Waals surface area contributed by atoms with Crippen molar-refractivity contribution in [3.8, 4) is 0 Å². The molecule has 11 heavy (non-hydrogen) atoms. The zero-order chi connectivity index (χ0) is 8.85. The molecule has 0 aliphatic heterocycles. The highest BCUT2D eigenvalue weighted by Gasteiger charge is 2.12. The van der Waals surface area contributed by atoms with E-state index >= 15 is 0 Å². The minimum absolute atomic E-state index is 0.117. The molecule has 4 nitrogen and oxygen atoms in total. The first-order valence-corrected chi connectivity index (χ1v) is 3.34. The van der Waals surface area contributed by atoms with E-state index in [1.165, 1.54) is 0 Å². The largest absolute Gasteiger partial charge is 0.462 e. The Morgan fingerprint density at radius 2 is 2.36 bits per heavy atom. The van der Waals surface area contributed by atoms with Crippen molar-refractivity contribution in [2.45, 2.75) is 6.92 Å². The second kappa shape index (κ2) is 4.73. The predicted molar refractivity (Wildman–Crippen MR) is 42.5 cm³/mol. The number of hydrogen-bond acceptors (Lipinski definition) is 4. The van der Waals surface area contributed by atoms with Crippen molar-refractivity contribution in [1.82, 2.24) is 0 Å². The SMILES string of the molecule is CCOC(=O)C(=CN)C(=N)Cl. The van der Waals surface area contributed by atoms with E-state index in [1.807, 2.05) is 0 Å². The molecule has 0 saturated carbocycles. The molecule has 0 heterocycles.